The quantitative estimate of drug-likeness (QED) is 0.543. The summed E-state index contributed by atoms with van der Waals surface area (Å²) in [6.07, 6.45) is 2.27. The van der Waals surface area contributed by atoms with Crippen molar-refractivity contribution in [1.82, 2.24) is 10.3 Å². The molecule has 0 unspecified atom stereocenters. The zero-order valence-electron chi connectivity index (χ0n) is 16.1. The van der Waals surface area contributed by atoms with Gasteiger partial charge in [-0.3, -0.25) is 9.59 Å². The van der Waals surface area contributed by atoms with Crippen LogP contribution in [0.4, 0.5) is 8.78 Å². The Hall–Kier alpha value is -3.55. The molecule has 3 rings (SSSR count). The SMILES string of the molecule is O=C(COC(=O)CCc1ncc(-c2ccc(F)cc2)o1)NCCc1ccc(F)cc1. The van der Waals surface area contributed by atoms with Gasteiger partial charge >= 0.3 is 5.97 Å². The van der Waals surface area contributed by atoms with E-state index in [1.165, 1.54) is 30.5 Å². The molecule has 156 valence electrons. The van der Waals surface area contributed by atoms with E-state index in [0.717, 1.165) is 5.56 Å². The zero-order valence-corrected chi connectivity index (χ0v) is 16.1. The molecule has 0 aliphatic rings. The molecule has 0 saturated carbocycles. The summed E-state index contributed by atoms with van der Waals surface area (Å²) in [5.41, 5.74) is 1.56. The normalized spacial score (nSPS) is 10.6. The average Bonchev–Trinajstić information content (AvgIpc) is 3.22. The summed E-state index contributed by atoms with van der Waals surface area (Å²) in [7, 11) is 0. The number of esters is 1. The number of nitrogens with zero attached hydrogens (tertiary/aromatic N) is 1. The van der Waals surface area contributed by atoms with Crippen LogP contribution in [0.25, 0.3) is 11.3 Å². The van der Waals surface area contributed by atoms with Gasteiger partial charge in [0, 0.05) is 18.5 Å². The minimum absolute atomic E-state index is 0.00618. The highest BCUT2D eigenvalue weighted by Crippen LogP contribution is 2.21. The van der Waals surface area contributed by atoms with Crippen molar-refractivity contribution in [3.05, 3.63) is 77.8 Å². The van der Waals surface area contributed by atoms with E-state index < -0.39 is 11.9 Å². The lowest BCUT2D eigenvalue weighted by atomic mass is 10.1. The van der Waals surface area contributed by atoms with E-state index in [1.54, 1.807) is 24.3 Å². The van der Waals surface area contributed by atoms with Gasteiger partial charge in [0.1, 0.15) is 11.6 Å². The number of rotatable bonds is 9. The van der Waals surface area contributed by atoms with Crippen LogP contribution in [0.15, 0.2) is 59.1 Å². The fourth-order valence-electron chi connectivity index (χ4n) is 2.65. The summed E-state index contributed by atoms with van der Waals surface area (Å²) in [4.78, 5) is 27.6. The molecule has 1 N–H and O–H groups in total. The van der Waals surface area contributed by atoms with E-state index in [2.05, 4.69) is 10.3 Å². The number of amides is 1. The van der Waals surface area contributed by atoms with Crippen LogP contribution >= 0.6 is 0 Å². The number of oxazole rings is 1. The Bertz CT molecular complexity index is 985. The highest BCUT2D eigenvalue weighted by molar-refractivity contribution is 5.80. The fraction of sp³-hybridized carbons (Fsp3) is 0.227. The molecule has 0 fully saturated rings. The van der Waals surface area contributed by atoms with Gasteiger partial charge in [0.05, 0.1) is 12.6 Å². The van der Waals surface area contributed by atoms with Crippen LogP contribution in [0.5, 0.6) is 0 Å². The summed E-state index contributed by atoms with van der Waals surface area (Å²) >= 11 is 0. The Morgan fingerprint density at radius 2 is 1.63 bits per heavy atom. The van der Waals surface area contributed by atoms with Crippen molar-refractivity contribution >= 4 is 11.9 Å². The molecule has 0 aliphatic heterocycles. The number of hydrogen-bond acceptors (Lipinski definition) is 5. The highest BCUT2D eigenvalue weighted by Gasteiger charge is 2.11. The van der Waals surface area contributed by atoms with Crippen molar-refractivity contribution in [2.24, 2.45) is 0 Å². The molecule has 0 saturated heterocycles. The van der Waals surface area contributed by atoms with Crippen LogP contribution in [0, 0.1) is 11.6 Å². The highest BCUT2D eigenvalue weighted by atomic mass is 19.1. The number of aromatic nitrogens is 1. The molecule has 2 aromatic carbocycles. The topological polar surface area (TPSA) is 81.4 Å². The molecule has 0 spiro atoms. The summed E-state index contributed by atoms with van der Waals surface area (Å²) in [5, 5.41) is 2.63. The number of carbonyl (C=O) groups excluding carboxylic acids is 2. The van der Waals surface area contributed by atoms with Crippen molar-refractivity contribution in [2.45, 2.75) is 19.3 Å². The number of hydrogen-bond donors (Lipinski definition) is 1. The van der Waals surface area contributed by atoms with Crippen LogP contribution in [-0.2, 0) is 27.2 Å². The van der Waals surface area contributed by atoms with Gasteiger partial charge in [-0.2, -0.15) is 0 Å². The number of nitrogens with one attached hydrogen (secondary N) is 1. The minimum Gasteiger partial charge on any atom is -0.456 e. The molecule has 3 aromatic rings. The number of ether oxygens (including phenoxy) is 1. The number of benzene rings is 2. The van der Waals surface area contributed by atoms with E-state index in [1.807, 2.05) is 0 Å². The van der Waals surface area contributed by atoms with Crippen molar-refractivity contribution < 1.29 is 27.5 Å². The van der Waals surface area contributed by atoms with Gasteiger partial charge < -0.3 is 14.5 Å². The standard InChI is InChI=1S/C22H20F2N2O4/c23-17-5-1-15(2-6-17)11-12-25-20(27)14-29-22(28)10-9-21-26-13-19(30-21)16-3-7-18(24)8-4-16/h1-8,13H,9-12,14H2,(H,25,27). The van der Waals surface area contributed by atoms with Crippen molar-refractivity contribution in [1.29, 1.82) is 0 Å². The molecule has 1 amide bonds. The molecule has 8 heteroatoms. The van der Waals surface area contributed by atoms with Crippen molar-refractivity contribution in [2.75, 3.05) is 13.2 Å². The number of aryl methyl sites for hydroxylation is 1. The molecule has 1 aromatic heterocycles. The lowest BCUT2D eigenvalue weighted by Crippen LogP contribution is -2.30. The largest absolute Gasteiger partial charge is 0.456 e. The maximum absolute atomic E-state index is 13.0. The second-order valence-corrected chi connectivity index (χ2v) is 6.51. The Balaban J connectivity index is 1.34. The van der Waals surface area contributed by atoms with E-state index in [4.69, 9.17) is 9.15 Å². The summed E-state index contributed by atoms with van der Waals surface area (Å²) in [5.74, 6) is -0.814. The van der Waals surface area contributed by atoms with Gasteiger partial charge in [0.15, 0.2) is 18.3 Å². The van der Waals surface area contributed by atoms with E-state index in [0.29, 0.717) is 30.2 Å². The predicted octanol–water partition coefficient (Wildman–Crippen LogP) is 3.45. The summed E-state index contributed by atoms with van der Waals surface area (Å²) in [6, 6.07) is 11.8. The second kappa shape index (κ2) is 10.3. The monoisotopic (exact) mass is 414 g/mol. The fourth-order valence-corrected chi connectivity index (χ4v) is 2.65. The van der Waals surface area contributed by atoms with E-state index >= 15 is 0 Å². The van der Waals surface area contributed by atoms with Gasteiger partial charge in [-0.05, 0) is 48.4 Å². The van der Waals surface area contributed by atoms with E-state index in [9.17, 15) is 18.4 Å². The van der Waals surface area contributed by atoms with Gasteiger partial charge in [-0.1, -0.05) is 12.1 Å². The molecule has 0 radical (unpaired) electrons. The molecule has 1 heterocycles. The van der Waals surface area contributed by atoms with Crippen molar-refractivity contribution in [3.63, 3.8) is 0 Å². The van der Waals surface area contributed by atoms with Crippen LogP contribution in [0.1, 0.15) is 17.9 Å². The van der Waals surface area contributed by atoms with Gasteiger partial charge in [0.25, 0.3) is 5.91 Å². The van der Waals surface area contributed by atoms with Crippen LogP contribution in [0.3, 0.4) is 0 Å². The predicted molar refractivity (Wildman–Crippen MR) is 104 cm³/mol. The van der Waals surface area contributed by atoms with Gasteiger partial charge in [0.2, 0.25) is 0 Å². The first-order valence-corrected chi connectivity index (χ1v) is 9.37. The molecular formula is C22H20F2N2O4. The molecule has 0 aliphatic carbocycles. The van der Waals surface area contributed by atoms with E-state index in [-0.39, 0.29) is 31.1 Å². The summed E-state index contributed by atoms with van der Waals surface area (Å²) in [6.45, 7) is -0.0286. The molecule has 30 heavy (non-hydrogen) atoms. The lowest BCUT2D eigenvalue weighted by Gasteiger charge is -2.06. The average molecular weight is 414 g/mol. The molecule has 0 atom stereocenters. The van der Waals surface area contributed by atoms with Gasteiger partial charge in [-0.25, -0.2) is 13.8 Å². The Labute approximate surface area is 171 Å². The second-order valence-electron chi connectivity index (χ2n) is 6.51. The third-order valence-electron chi connectivity index (χ3n) is 4.24. The maximum Gasteiger partial charge on any atom is 0.306 e. The Kier molecular flexibility index (Phi) is 7.26. The smallest absolute Gasteiger partial charge is 0.306 e. The van der Waals surface area contributed by atoms with Crippen LogP contribution in [-0.4, -0.2) is 30.0 Å². The first-order valence-electron chi connectivity index (χ1n) is 9.37. The molecule has 0 bridgehead atoms. The third-order valence-corrected chi connectivity index (χ3v) is 4.24. The Morgan fingerprint density at radius 1 is 0.967 bits per heavy atom. The zero-order chi connectivity index (χ0) is 21.3. The maximum atomic E-state index is 13.0. The Morgan fingerprint density at radius 3 is 2.33 bits per heavy atom. The first-order chi connectivity index (χ1) is 14.5. The minimum atomic E-state index is -0.551. The first kappa shape index (κ1) is 21.2. The molecular weight excluding hydrogens is 394 g/mol. The van der Waals surface area contributed by atoms with Crippen LogP contribution < -0.4 is 5.32 Å². The number of halogens is 2. The van der Waals surface area contributed by atoms with Gasteiger partial charge in [-0.15, -0.1) is 0 Å². The third kappa shape index (κ3) is 6.51. The molecule has 6 nitrogen and oxygen atoms in total. The number of carbonyl (C=O) groups is 2. The van der Waals surface area contributed by atoms with Crippen molar-refractivity contribution in [3.8, 4) is 11.3 Å². The van der Waals surface area contributed by atoms with Crippen LogP contribution in [0.2, 0.25) is 0 Å². The lowest BCUT2D eigenvalue weighted by molar-refractivity contribution is -0.148. The summed E-state index contributed by atoms with van der Waals surface area (Å²) < 4.78 is 36.3.